The first-order valence-corrected chi connectivity index (χ1v) is 6.52. The monoisotopic (exact) mass is 306 g/mol. The van der Waals surface area contributed by atoms with Crippen LogP contribution >= 0.6 is 0 Å². The van der Waals surface area contributed by atoms with Crippen molar-refractivity contribution in [1.82, 2.24) is 5.32 Å². The number of alkyl halides is 3. The average Bonchev–Trinajstić information content (AvgIpc) is 2.36. The molecule has 21 heavy (non-hydrogen) atoms. The molecule has 1 atom stereocenters. The van der Waals surface area contributed by atoms with Crippen molar-refractivity contribution in [2.24, 2.45) is 5.92 Å². The van der Waals surface area contributed by atoms with Crippen LogP contribution in [0.1, 0.15) is 26.3 Å². The van der Waals surface area contributed by atoms with E-state index in [-0.39, 0.29) is 17.5 Å². The Bertz CT molecular complexity index is 500. The third-order valence-corrected chi connectivity index (χ3v) is 2.73. The van der Waals surface area contributed by atoms with Gasteiger partial charge in [-0.3, -0.25) is 4.79 Å². The second-order valence-corrected chi connectivity index (χ2v) is 5.20. The molecule has 1 amide bonds. The van der Waals surface area contributed by atoms with Crippen LogP contribution in [0.25, 0.3) is 0 Å². The molecule has 7 heteroatoms. The standard InChI is InChI=1S/C14H18F4N2O/c1-8(2)7-19-13(21)9(3)20-10-4-5-12(15)11(6-10)14(16,17)18/h4-6,8-9,20H,7H2,1-3H3,(H,19,21). The Labute approximate surface area is 120 Å². The number of hydrogen-bond donors (Lipinski definition) is 2. The van der Waals surface area contributed by atoms with E-state index in [1.54, 1.807) is 0 Å². The molecule has 118 valence electrons. The molecule has 0 fully saturated rings. The summed E-state index contributed by atoms with van der Waals surface area (Å²) in [6.07, 6.45) is -4.77. The average molecular weight is 306 g/mol. The first kappa shape index (κ1) is 17.3. The van der Waals surface area contributed by atoms with Crippen molar-refractivity contribution in [1.29, 1.82) is 0 Å². The molecule has 0 heterocycles. The molecule has 0 saturated carbocycles. The van der Waals surface area contributed by atoms with Gasteiger partial charge in [-0.2, -0.15) is 13.2 Å². The molecular formula is C14H18F4N2O. The summed E-state index contributed by atoms with van der Waals surface area (Å²) in [4.78, 5) is 11.7. The van der Waals surface area contributed by atoms with Crippen molar-refractivity contribution in [2.75, 3.05) is 11.9 Å². The smallest absolute Gasteiger partial charge is 0.374 e. The topological polar surface area (TPSA) is 41.1 Å². The fraction of sp³-hybridized carbons (Fsp3) is 0.500. The summed E-state index contributed by atoms with van der Waals surface area (Å²) in [6.45, 7) is 5.84. The van der Waals surface area contributed by atoms with Crippen molar-refractivity contribution >= 4 is 11.6 Å². The predicted molar refractivity (Wildman–Crippen MR) is 72.3 cm³/mol. The molecular weight excluding hydrogens is 288 g/mol. The van der Waals surface area contributed by atoms with Gasteiger partial charge in [0.15, 0.2) is 0 Å². The van der Waals surface area contributed by atoms with Gasteiger partial charge in [-0.15, -0.1) is 0 Å². The molecule has 1 rings (SSSR count). The first-order chi connectivity index (χ1) is 9.61. The van der Waals surface area contributed by atoms with Gasteiger partial charge < -0.3 is 10.6 Å². The van der Waals surface area contributed by atoms with E-state index in [0.717, 1.165) is 12.1 Å². The Balaban J connectivity index is 2.77. The summed E-state index contributed by atoms with van der Waals surface area (Å²) in [5.41, 5.74) is -1.32. The number of rotatable bonds is 5. The number of carbonyl (C=O) groups is 1. The minimum atomic E-state index is -4.77. The molecule has 1 unspecified atom stereocenters. The maximum Gasteiger partial charge on any atom is 0.419 e. The highest BCUT2D eigenvalue weighted by molar-refractivity contribution is 5.84. The molecule has 0 aliphatic heterocycles. The number of nitrogens with one attached hydrogen (secondary N) is 2. The van der Waals surface area contributed by atoms with E-state index in [0.29, 0.717) is 12.6 Å². The molecule has 0 bridgehead atoms. The number of hydrogen-bond acceptors (Lipinski definition) is 2. The third kappa shape index (κ3) is 5.24. The Morgan fingerprint density at radius 1 is 1.24 bits per heavy atom. The van der Waals surface area contributed by atoms with Gasteiger partial charge in [0, 0.05) is 12.2 Å². The van der Waals surface area contributed by atoms with E-state index in [2.05, 4.69) is 10.6 Å². The minimum Gasteiger partial charge on any atom is -0.374 e. The lowest BCUT2D eigenvalue weighted by Crippen LogP contribution is -2.39. The normalized spacial score (nSPS) is 13.1. The lowest BCUT2D eigenvalue weighted by atomic mass is 10.1. The fourth-order valence-electron chi connectivity index (χ4n) is 1.61. The Kier molecular flexibility index (Phi) is 5.57. The van der Waals surface area contributed by atoms with Gasteiger partial charge in [0.25, 0.3) is 0 Å². The van der Waals surface area contributed by atoms with Crippen molar-refractivity contribution in [3.8, 4) is 0 Å². The highest BCUT2D eigenvalue weighted by Crippen LogP contribution is 2.33. The number of carbonyl (C=O) groups excluding carboxylic acids is 1. The largest absolute Gasteiger partial charge is 0.419 e. The SMILES string of the molecule is CC(C)CNC(=O)C(C)Nc1ccc(F)c(C(F)(F)F)c1. The van der Waals surface area contributed by atoms with Crippen molar-refractivity contribution in [3.05, 3.63) is 29.6 Å². The fourth-order valence-corrected chi connectivity index (χ4v) is 1.61. The van der Waals surface area contributed by atoms with Gasteiger partial charge in [0.2, 0.25) is 5.91 Å². The molecule has 0 aromatic heterocycles. The molecule has 0 aliphatic rings. The maximum atomic E-state index is 13.1. The summed E-state index contributed by atoms with van der Waals surface area (Å²) in [5.74, 6) is -1.41. The van der Waals surface area contributed by atoms with Crippen LogP contribution in [0.15, 0.2) is 18.2 Å². The summed E-state index contributed by atoms with van der Waals surface area (Å²) >= 11 is 0. The van der Waals surface area contributed by atoms with E-state index in [1.165, 1.54) is 6.92 Å². The molecule has 1 aromatic carbocycles. The zero-order valence-electron chi connectivity index (χ0n) is 12.0. The lowest BCUT2D eigenvalue weighted by molar-refractivity contribution is -0.139. The van der Waals surface area contributed by atoms with E-state index < -0.39 is 23.6 Å². The number of anilines is 1. The molecule has 3 nitrogen and oxygen atoms in total. The second-order valence-electron chi connectivity index (χ2n) is 5.20. The number of amides is 1. The molecule has 0 aliphatic carbocycles. The summed E-state index contributed by atoms with van der Waals surface area (Å²) in [5, 5.41) is 5.29. The third-order valence-electron chi connectivity index (χ3n) is 2.73. The number of halogens is 4. The first-order valence-electron chi connectivity index (χ1n) is 6.52. The molecule has 0 spiro atoms. The Morgan fingerprint density at radius 2 is 1.86 bits per heavy atom. The highest BCUT2D eigenvalue weighted by Gasteiger charge is 2.34. The Hall–Kier alpha value is -1.79. The zero-order chi connectivity index (χ0) is 16.2. The summed E-state index contributed by atoms with van der Waals surface area (Å²) in [7, 11) is 0. The van der Waals surface area contributed by atoms with Gasteiger partial charge in [-0.25, -0.2) is 4.39 Å². The molecule has 2 N–H and O–H groups in total. The van der Waals surface area contributed by atoms with E-state index >= 15 is 0 Å². The van der Waals surface area contributed by atoms with Crippen molar-refractivity contribution in [2.45, 2.75) is 33.0 Å². The van der Waals surface area contributed by atoms with Crippen LogP contribution in [0.3, 0.4) is 0 Å². The molecule has 0 saturated heterocycles. The Morgan fingerprint density at radius 3 is 2.38 bits per heavy atom. The van der Waals surface area contributed by atoms with Gasteiger partial charge in [0.05, 0.1) is 5.56 Å². The predicted octanol–water partition coefficient (Wildman–Crippen LogP) is 3.42. The van der Waals surface area contributed by atoms with Crippen LogP contribution in [-0.2, 0) is 11.0 Å². The zero-order valence-corrected chi connectivity index (χ0v) is 12.0. The van der Waals surface area contributed by atoms with E-state index in [9.17, 15) is 22.4 Å². The van der Waals surface area contributed by atoms with Crippen LogP contribution in [0.4, 0.5) is 23.2 Å². The second kappa shape index (κ2) is 6.78. The summed E-state index contributed by atoms with van der Waals surface area (Å²) in [6, 6.07) is 1.82. The van der Waals surface area contributed by atoms with Gasteiger partial charge in [-0.1, -0.05) is 13.8 Å². The number of benzene rings is 1. The molecule has 0 radical (unpaired) electrons. The van der Waals surface area contributed by atoms with Crippen LogP contribution < -0.4 is 10.6 Å². The summed E-state index contributed by atoms with van der Waals surface area (Å²) < 4.78 is 50.9. The van der Waals surface area contributed by atoms with Crippen LogP contribution in [0, 0.1) is 11.7 Å². The molecule has 1 aromatic rings. The van der Waals surface area contributed by atoms with Crippen LogP contribution in [0.5, 0.6) is 0 Å². The maximum absolute atomic E-state index is 13.1. The lowest BCUT2D eigenvalue weighted by Gasteiger charge is -2.17. The van der Waals surface area contributed by atoms with Gasteiger partial charge >= 0.3 is 6.18 Å². The van der Waals surface area contributed by atoms with Gasteiger partial charge in [0.1, 0.15) is 11.9 Å². The van der Waals surface area contributed by atoms with Gasteiger partial charge in [-0.05, 0) is 31.0 Å². The van der Waals surface area contributed by atoms with Crippen LogP contribution in [-0.4, -0.2) is 18.5 Å². The highest BCUT2D eigenvalue weighted by atomic mass is 19.4. The minimum absolute atomic E-state index is 0.0379. The van der Waals surface area contributed by atoms with Crippen molar-refractivity contribution in [3.63, 3.8) is 0 Å². The van der Waals surface area contributed by atoms with Crippen molar-refractivity contribution < 1.29 is 22.4 Å². The van der Waals surface area contributed by atoms with Crippen LogP contribution in [0.2, 0.25) is 0 Å². The van der Waals surface area contributed by atoms with E-state index in [1.807, 2.05) is 13.8 Å². The van der Waals surface area contributed by atoms with E-state index in [4.69, 9.17) is 0 Å². The quantitative estimate of drug-likeness (QED) is 0.819.